The van der Waals surface area contributed by atoms with Crippen LogP contribution in [0.25, 0.3) is 27.8 Å². The van der Waals surface area contributed by atoms with Crippen LogP contribution < -0.4 is 0 Å². The van der Waals surface area contributed by atoms with Crippen LogP contribution in [0.4, 0.5) is 0 Å². The van der Waals surface area contributed by atoms with E-state index in [1.54, 1.807) is 0 Å². The van der Waals surface area contributed by atoms with E-state index in [0.29, 0.717) is 0 Å². The van der Waals surface area contributed by atoms with Crippen molar-refractivity contribution in [2.24, 2.45) is 0 Å². The Kier molecular flexibility index (Phi) is 2.54. The van der Waals surface area contributed by atoms with Gasteiger partial charge in [0, 0.05) is 29.5 Å². The summed E-state index contributed by atoms with van der Waals surface area (Å²) in [5.41, 5.74) is 6.59. The highest BCUT2D eigenvalue weighted by molar-refractivity contribution is 5.84. The van der Waals surface area contributed by atoms with E-state index >= 15 is 0 Å². The predicted molar refractivity (Wildman–Crippen MR) is 85.4 cm³/mol. The Balaban J connectivity index is 1.92. The average molecular weight is 273 g/mol. The van der Waals surface area contributed by atoms with Gasteiger partial charge in [0.1, 0.15) is 5.65 Å². The molecule has 0 fully saturated rings. The van der Waals surface area contributed by atoms with Gasteiger partial charge >= 0.3 is 0 Å². The number of pyridine rings is 1. The third kappa shape index (κ3) is 1.98. The zero-order valence-electron chi connectivity index (χ0n) is 12.0. The summed E-state index contributed by atoms with van der Waals surface area (Å²) in [4.78, 5) is 9.19. The fraction of sp³-hybridized carbons (Fsp3) is 0.111. The fourth-order valence-electron chi connectivity index (χ4n) is 2.56. The Hall–Kier alpha value is -2.68. The van der Waals surface area contributed by atoms with Crippen molar-refractivity contribution in [3.05, 3.63) is 66.1 Å². The molecule has 3 heterocycles. The second kappa shape index (κ2) is 4.42. The molecule has 3 heteroatoms. The highest BCUT2D eigenvalue weighted by Gasteiger charge is 2.05. The summed E-state index contributed by atoms with van der Waals surface area (Å²) in [6.45, 7) is 4.20. The second-order valence-electron chi connectivity index (χ2n) is 5.44. The number of aryl methyl sites for hydroxylation is 2. The normalized spacial score (nSPS) is 11.3. The molecule has 4 rings (SSSR count). The molecule has 0 N–H and O–H groups in total. The van der Waals surface area contributed by atoms with Crippen LogP contribution in [-0.4, -0.2) is 14.4 Å². The first-order chi connectivity index (χ1) is 10.2. The molecule has 4 aromatic rings. The van der Waals surface area contributed by atoms with E-state index < -0.39 is 0 Å². The molecule has 0 aliphatic heterocycles. The van der Waals surface area contributed by atoms with Gasteiger partial charge in [-0.3, -0.25) is 4.98 Å². The van der Waals surface area contributed by atoms with Crippen LogP contribution in [0.2, 0.25) is 0 Å². The molecule has 0 atom stereocenters. The van der Waals surface area contributed by atoms with Gasteiger partial charge in [-0.05, 0) is 55.3 Å². The molecule has 0 unspecified atom stereocenters. The van der Waals surface area contributed by atoms with Crippen molar-refractivity contribution < 1.29 is 0 Å². The molecule has 21 heavy (non-hydrogen) atoms. The van der Waals surface area contributed by atoms with Gasteiger partial charge in [0.05, 0.1) is 11.2 Å². The van der Waals surface area contributed by atoms with Gasteiger partial charge in [-0.25, -0.2) is 4.98 Å². The van der Waals surface area contributed by atoms with E-state index in [0.717, 1.165) is 27.8 Å². The molecule has 0 bridgehead atoms. The Bertz CT molecular complexity index is 967. The van der Waals surface area contributed by atoms with E-state index in [1.807, 2.05) is 28.9 Å². The molecular formula is C18H15N3. The van der Waals surface area contributed by atoms with Gasteiger partial charge in [0.25, 0.3) is 0 Å². The van der Waals surface area contributed by atoms with E-state index in [2.05, 4.69) is 54.3 Å². The molecular weight excluding hydrogens is 258 g/mol. The van der Waals surface area contributed by atoms with Crippen LogP contribution >= 0.6 is 0 Å². The minimum atomic E-state index is 0.972. The summed E-state index contributed by atoms with van der Waals surface area (Å²) in [7, 11) is 0. The maximum atomic E-state index is 4.65. The number of nitrogens with zero attached hydrogens (tertiary/aromatic N) is 3. The SMILES string of the molecule is Cc1cnc(-c2ccc3nc4cccn4cc3c2)cc1C. The quantitative estimate of drug-likeness (QED) is 0.521. The summed E-state index contributed by atoms with van der Waals surface area (Å²) < 4.78 is 2.04. The van der Waals surface area contributed by atoms with Crippen LogP contribution in [0.5, 0.6) is 0 Å². The maximum absolute atomic E-state index is 4.65. The van der Waals surface area contributed by atoms with Crippen molar-refractivity contribution in [1.29, 1.82) is 0 Å². The lowest BCUT2D eigenvalue weighted by Gasteiger charge is -2.06. The summed E-state index contributed by atoms with van der Waals surface area (Å²) in [5, 5.41) is 1.12. The molecule has 0 amide bonds. The largest absolute Gasteiger partial charge is 0.308 e. The zero-order valence-corrected chi connectivity index (χ0v) is 12.0. The summed E-state index contributed by atoms with van der Waals surface area (Å²) >= 11 is 0. The van der Waals surface area contributed by atoms with Gasteiger partial charge in [-0.2, -0.15) is 0 Å². The highest BCUT2D eigenvalue weighted by atomic mass is 15.0. The number of hydrogen-bond donors (Lipinski definition) is 0. The number of fused-ring (bicyclic) bond motifs is 2. The van der Waals surface area contributed by atoms with Gasteiger partial charge in [-0.1, -0.05) is 6.07 Å². The fourth-order valence-corrected chi connectivity index (χ4v) is 2.56. The Labute approximate surface area is 122 Å². The lowest BCUT2D eigenvalue weighted by atomic mass is 10.1. The van der Waals surface area contributed by atoms with Gasteiger partial charge in [0.15, 0.2) is 0 Å². The Morgan fingerprint density at radius 1 is 1.00 bits per heavy atom. The number of hydrogen-bond acceptors (Lipinski definition) is 2. The van der Waals surface area contributed by atoms with Crippen LogP contribution in [0.3, 0.4) is 0 Å². The molecule has 0 spiro atoms. The summed E-state index contributed by atoms with van der Waals surface area (Å²) in [6, 6.07) is 12.5. The molecule has 3 nitrogen and oxygen atoms in total. The standard InChI is InChI=1S/C18H15N3/c1-12-8-17(19-10-13(12)2)14-5-6-16-15(9-14)11-21-7-3-4-18(21)20-16/h3-11H,1-2H3. The molecule has 0 aliphatic carbocycles. The monoisotopic (exact) mass is 273 g/mol. The third-order valence-electron chi connectivity index (χ3n) is 3.97. The van der Waals surface area contributed by atoms with Gasteiger partial charge in [0.2, 0.25) is 0 Å². The Morgan fingerprint density at radius 2 is 1.90 bits per heavy atom. The minimum absolute atomic E-state index is 0.972. The average Bonchev–Trinajstić information content (AvgIpc) is 2.94. The van der Waals surface area contributed by atoms with Crippen molar-refractivity contribution in [2.45, 2.75) is 13.8 Å². The minimum Gasteiger partial charge on any atom is -0.308 e. The van der Waals surface area contributed by atoms with E-state index in [-0.39, 0.29) is 0 Å². The predicted octanol–water partition coefficient (Wildman–Crippen LogP) is 4.17. The molecule has 0 saturated carbocycles. The van der Waals surface area contributed by atoms with Crippen LogP contribution in [0.1, 0.15) is 11.1 Å². The first-order valence-electron chi connectivity index (χ1n) is 7.02. The molecule has 0 radical (unpaired) electrons. The second-order valence-corrected chi connectivity index (χ2v) is 5.44. The van der Waals surface area contributed by atoms with Crippen molar-refractivity contribution in [3.8, 4) is 11.3 Å². The van der Waals surface area contributed by atoms with Crippen molar-refractivity contribution in [3.63, 3.8) is 0 Å². The van der Waals surface area contributed by atoms with Crippen LogP contribution in [0.15, 0.2) is 55.0 Å². The zero-order chi connectivity index (χ0) is 14.4. The number of aromatic nitrogens is 3. The molecule has 1 aromatic carbocycles. The lowest BCUT2D eigenvalue weighted by molar-refractivity contribution is 1.17. The lowest BCUT2D eigenvalue weighted by Crippen LogP contribution is -1.91. The first kappa shape index (κ1) is 12.1. The van der Waals surface area contributed by atoms with Gasteiger partial charge < -0.3 is 4.40 Å². The smallest absolute Gasteiger partial charge is 0.137 e. The van der Waals surface area contributed by atoms with Gasteiger partial charge in [-0.15, -0.1) is 0 Å². The van der Waals surface area contributed by atoms with E-state index in [9.17, 15) is 0 Å². The first-order valence-corrected chi connectivity index (χ1v) is 7.02. The summed E-state index contributed by atoms with van der Waals surface area (Å²) in [6.07, 6.45) is 6.06. The molecule has 0 aliphatic rings. The van der Waals surface area contributed by atoms with Crippen LogP contribution in [0, 0.1) is 13.8 Å². The van der Waals surface area contributed by atoms with E-state index in [4.69, 9.17) is 0 Å². The third-order valence-corrected chi connectivity index (χ3v) is 3.97. The van der Waals surface area contributed by atoms with E-state index in [1.165, 1.54) is 11.1 Å². The maximum Gasteiger partial charge on any atom is 0.137 e. The Morgan fingerprint density at radius 3 is 2.76 bits per heavy atom. The van der Waals surface area contributed by atoms with Crippen LogP contribution in [-0.2, 0) is 0 Å². The topological polar surface area (TPSA) is 30.2 Å². The molecule has 0 saturated heterocycles. The van der Waals surface area contributed by atoms with Crippen molar-refractivity contribution in [1.82, 2.24) is 14.4 Å². The molecule has 3 aromatic heterocycles. The summed E-state index contributed by atoms with van der Waals surface area (Å²) in [5.74, 6) is 0. The highest BCUT2D eigenvalue weighted by Crippen LogP contribution is 2.24. The van der Waals surface area contributed by atoms with Crippen molar-refractivity contribution >= 4 is 16.6 Å². The number of benzene rings is 1. The van der Waals surface area contributed by atoms with Crippen molar-refractivity contribution in [2.75, 3.05) is 0 Å². The number of rotatable bonds is 1. The molecule has 102 valence electrons.